The highest BCUT2D eigenvalue weighted by atomic mass is 32.2. The quantitative estimate of drug-likeness (QED) is 0.498. The molecule has 0 saturated carbocycles. The number of nitrogens with zero attached hydrogens (tertiary/aromatic N) is 1. The number of anilines is 1. The number of aromatic nitrogens is 2. The maximum atomic E-state index is 14.3. The zero-order valence-corrected chi connectivity index (χ0v) is 16.3. The number of H-pyrrole nitrogens is 1. The normalized spacial score (nSPS) is 15.7. The summed E-state index contributed by atoms with van der Waals surface area (Å²) >= 11 is 1.32. The van der Waals surface area contributed by atoms with Crippen LogP contribution in [0.25, 0.3) is 0 Å². The van der Waals surface area contributed by atoms with Crippen LogP contribution in [0.1, 0.15) is 34.6 Å². The first-order chi connectivity index (χ1) is 13.9. The third-order valence-corrected chi connectivity index (χ3v) is 5.67. The van der Waals surface area contributed by atoms with Crippen molar-refractivity contribution >= 4 is 23.5 Å². The summed E-state index contributed by atoms with van der Waals surface area (Å²) in [6, 6.07) is 11.0. The van der Waals surface area contributed by atoms with E-state index in [1.54, 1.807) is 0 Å². The highest BCUT2D eigenvalue weighted by Gasteiger charge is 2.32. The molecule has 2 heterocycles. The minimum atomic E-state index is -0.901. The van der Waals surface area contributed by atoms with Crippen LogP contribution in [0.4, 0.5) is 14.6 Å². The lowest BCUT2D eigenvalue weighted by molar-refractivity contribution is -0.116. The number of aryl methyl sites for hydroxylation is 1. The Morgan fingerprint density at radius 2 is 2.00 bits per heavy atom. The third kappa shape index (κ3) is 4.07. The molecule has 1 aliphatic heterocycles. The molecule has 0 bridgehead atoms. The predicted molar refractivity (Wildman–Crippen MR) is 107 cm³/mol. The first-order valence-corrected chi connectivity index (χ1v) is 9.96. The van der Waals surface area contributed by atoms with Crippen LogP contribution in [0.3, 0.4) is 0 Å². The summed E-state index contributed by atoms with van der Waals surface area (Å²) in [5.74, 6) is -1.94. The summed E-state index contributed by atoms with van der Waals surface area (Å²) in [4.78, 5) is 32.0. The van der Waals surface area contributed by atoms with Crippen molar-refractivity contribution in [1.82, 2.24) is 9.97 Å². The number of hydrogen-bond acceptors (Lipinski definition) is 4. The molecule has 2 N–H and O–H groups in total. The summed E-state index contributed by atoms with van der Waals surface area (Å²) in [5.41, 5.74) is 1.82. The molecule has 0 radical (unpaired) electrons. The molecule has 0 fully saturated rings. The average Bonchev–Trinajstić information content (AvgIpc) is 2.67. The van der Waals surface area contributed by atoms with Crippen LogP contribution >= 0.6 is 11.8 Å². The van der Waals surface area contributed by atoms with Gasteiger partial charge in [-0.25, -0.2) is 13.8 Å². The van der Waals surface area contributed by atoms with Crippen molar-refractivity contribution in [3.05, 3.63) is 86.7 Å². The number of carbonyl (C=O) groups excluding carboxylic acids is 1. The van der Waals surface area contributed by atoms with Gasteiger partial charge in [0.15, 0.2) is 5.16 Å². The highest BCUT2D eigenvalue weighted by molar-refractivity contribution is 7.98. The number of benzene rings is 2. The summed E-state index contributed by atoms with van der Waals surface area (Å²) < 4.78 is 27.9. The van der Waals surface area contributed by atoms with Crippen molar-refractivity contribution in [3.8, 4) is 0 Å². The SMILES string of the molecule is Cc1cccc(CSc2nc3c(c(=O)[nH]2)C(c2cc(F)ccc2F)CC(=O)N3)c1. The van der Waals surface area contributed by atoms with Gasteiger partial charge in [-0.3, -0.25) is 9.59 Å². The Morgan fingerprint density at radius 1 is 1.17 bits per heavy atom. The van der Waals surface area contributed by atoms with Gasteiger partial charge in [-0.1, -0.05) is 41.6 Å². The molecule has 2 aromatic carbocycles. The number of hydrogen-bond donors (Lipinski definition) is 2. The van der Waals surface area contributed by atoms with E-state index in [1.165, 1.54) is 11.8 Å². The number of carbonyl (C=O) groups is 1. The zero-order valence-electron chi connectivity index (χ0n) is 15.5. The fourth-order valence-electron chi connectivity index (χ4n) is 3.42. The van der Waals surface area contributed by atoms with E-state index in [0.717, 1.165) is 29.3 Å². The standard InChI is InChI=1S/C21H17F2N3O2S/c1-11-3-2-4-12(7-11)10-29-21-25-19-18(20(28)26-21)15(9-17(27)24-19)14-8-13(22)5-6-16(14)23/h2-8,15H,9-10H2,1H3,(H2,24,25,26,27,28). The maximum Gasteiger partial charge on any atom is 0.257 e. The first-order valence-electron chi connectivity index (χ1n) is 8.98. The molecule has 0 aliphatic carbocycles. The molecule has 1 aromatic heterocycles. The molecule has 5 nitrogen and oxygen atoms in total. The zero-order chi connectivity index (χ0) is 20.5. The van der Waals surface area contributed by atoms with E-state index < -0.39 is 29.0 Å². The van der Waals surface area contributed by atoms with Crippen molar-refractivity contribution in [2.75, 3.05) is 5.32 Å². The van der Waals surface area contributed by atoms with Crippen LogP contribution in [0, 0.1) is 18.6 Å². The molecule has 0 saturated heterocycles. The summed E-state index contributed by atoms with van der Waals surface area (Å²) in [6.07, 6.45) is -0.159. The molecule has 1 atom stereocenters. The Balaban J connectivity index is 1.69. The van der Waals surface area contributed by atoms with Gasteiger partial charge in [0.1, 0.15) is 17.5 Å². The second kappa shape index (κ2) is 7.79. The van der Waals surface area contributed by atoms with Gasteiger partial charge in [0.05, 0.1) is 5.56 Å². The van der Waals surface area contributed by atoms with Gasteiger partial charge in [-0.05, 0) is 36.2 Å². The highest BCUT2D eigenvalue weighted by Crippen LogP contribution is 2.36. The van der Waals surface area contributed by atoms with Crippen molar-refractivity contribution in [2.45, 2.75) is 30.2 Å². The van der Waals surface area contributed by atoms with Crippen LogP contribution in [-0.4, -0.2) is 15.9 Å². The predicted octanol–water partition coefficient (Wildman–Crippen LogP) is 4.12. The van der Waals surface area contributed by atoms with Crippen LogP contribution < -0.4 is 10.9 Å². The first kappa shape index (κ1) is 19.3. The third-order valence-electron chi connectivity index (χ3n) is 4.72. The smallest absolute Gasteiger partial charge is 0.257 e. The maximum absolute atomic E-state index is 14.3. The van der Waals surface area contributed by atoms with Crippen molar-refractivity contribution < 1.29 is 13.6 Å². The van der Waals surface area contributed by atoms with Crippen molar-refractivity contribution in [2.24, 2.45) is 0 Å². The van der Waals surface area contributed by atoms with Crippen molar-refractivity contribution in [1.29, 1.82) is 0 Å². The van der Waals surface area contributed by atoms with Crippen LogP contribution in [0.2, 0.25) is 0 Å². The molecule has 8 heteroatoms. The van der Waals surface area contributed by atoms with E-state index in [2.05, 4.69) is 15.3 Å². The van der Waals surface area contributed by atoms with Gasteiger partial charge in [0.2, 0.25) is 5.91 Å². The average molecular weight is 413 g/mol. The number of thioether (sulfide) groups is 1. The van der Waals surface area contributed by atoms with E-state index in [4.69, 9.17) is 0 Å². The number of aromatic amines is 1. The molecular formula is C21H17F2N3O2S. The van der Waals surface area contributed by atoms with E-state index in [9.17, 15) is 18.4 Å². The number of amides is 1. The van der Waals surface area contributed by atoms with Gasteiger partial charge in [0.25, 0.3) is 5.56 Å². The van der Waals surface area contributed by atoms with Gasteiger partial charge in [-0.2, -0.15) is 0 Å². The molecule has 148 valence electrons. The number of fused-ring (bicyclic) bond motifs is 1. The minimum absolute atomic E-state index is 0.0337. The fraction of sp³-hybridized carbons (Fsp3) is 0.190. The van der Waals surface area contributed by atoms with Crippen molar-refractivity contribution in [3.63, 3.8) is 0 Å². The lowest BCUT2D eigenvalue weighted by Gasteiger charge is -2.24. The Labute approximate surface area is 169 Å². The van der Waals surface area contributed by atoms with Gasteiger partial charge >= 0.3 is 0 Å². The second-order valence-electron chi connectivity index (χ2n) is 6.88. The molecule has 4 rings (SSSR count). The number of rotatable bonds is 4. The monoisotopic (exact) mass is 413 g/mol. The molecule has 1 unspecified atom stereocenters. The van der Waals surface area contributed by atoms with Gasteiger partial charge in [-0.15, -0.1) is 0 Å². The molecule has 1 amide bonds. The van der Waals surface area contributed by atoms with Gasteiger partial charge < -0.3 is 10.3 Å². The van der Waals surface area contributed by atoms with E-state index in [-0.39, 0.29) is 23.4 Å². The number of halogens is 2. The summed E-state index contributed by atoms with van der Waals surface area (Å²) in [5, 5.41) is 2.93. The Hall–Kier alpha value is -3.00. The lowest BCUT2D eigenvalue weighted by atomic mass is 9.86. The largest absolute Gasteiger partial charge is 0.310 e. The topological polar surface area (TPSA) is 74.8 Å². The Bertz CT molecular complexity index is 1160. The summed E-state index contributed by atoms with van der Waals surface area (Å²) in [7, 11) is 0. The number of nitrogens with one attached hydrogen (secondary N) is 2. The molecule has 0 spiro atoms. The van der Waals surface area contributed by atoms with Crippen LogP contribution in [0.15, 0.2) is 52.4 Å². The van der Waals surface area contributed by atoms with E-state index in [0.29, 0.717) is 10.9 Å². The molecule has 1 aliphatic rings. The van der Waals surface area contributed by atoms with E-state index >= 15 is 0 Å². The second-order valence-corrected chi connectivity index (χ2v) is 7.85. The van der Waals surface area contributed by atoms with Crippen LogP contribution in [-0.2, 0) is 10.5 Å². The Morgan fingerprint density at radius 3 is 2.79 bits per heavy atom. The minimum Gasteiger partial charge on any atom is -0.310 e. The molecule has 3 aromatic rings. The summed E-state index contributed by atoms with van der Waals surface area (Å²) in [6.45, 7) is 1.99. The Kier molecular flexibility index (Phi) is 5.19. The van der Waals surface area contributed by atoms with E-state index in [1.807, 2.05) is 31.2 Å². The fourth-order valence-corrected chi connectivity index (χ4v) is 4.22. The van der Waals surface area contributed by atoms with Crippen LogP contribution in [0.5, 0.6) is 0 Å². The molecule has 29 heavy (non-hydrogen) atoms. The molecular weight excluding hydrogens is 396 g/mol. The van der Waals surface area contributed by atoms with Gasteiger partial charge in [0, 0.05) is 18.1 Å². The lowest BCUT2D eigenvalue weighted by Crippen LogP contribution is -2.31.